The molecule has 4 nitrogen and oxygen atoms in total. The molecule has 3 rings (SSSR count). The van der Waals surface area contributed by atoms with E-state index in [2.05, 4.69) is 133 Å². The van der Waals surface area contributed by atoms with Gasteiger partial charge in [0.15, 0.2) is 0 Å². The maximum atomic E-state index is 4.37. The second kappa shape index (κ2) is 9.79. The third-order valence-corrected chi connectivity index (χ3v) is 6.62. The Kier molecular flexibility index (Phi) is 7.55. The summed E-state index contributed by atoms with van der Waals surface area (Å²) in [5, 5.41) is 4.37. The van der Waals surface area contributed by atoms with Gasteiger partial charge in [-0.05, 0) is 69.9 Å². The van der Waals surface area contributed by atoms with E-state index in [0.717, 1.165) is 24.2 Å². The highest BCUT2D eigenvalue weighted by molar-refractivity contribution is 5.63. The monoisotopic (exact) mass is 474 g/mol. The van der Waals surface area contributed by atoms with Crippen molar-refractivity contribution in [2.75, 3.05) is 4.90 Å². The van der Waals surface area contributed by atoms with Gasteiger partial charge in [0, 0.05) is 11.4 Å². The SMILES string of the molecule is CC(C)(C)CC(C)(C)c1ccc(N(Cn2cncn2)c2ccc(C(C)(C)CC(C)(C)C)cc2)cc1. The van der Waals surface area contributed by atoms with Gasteiger partial charge >= 0.3 is 0 Å². The predicted octanol–water partition coefficient (Wildman–Crippen LogP) is 8.50. The highest BCUT2D eigenvalue weighted by Gasteiger charge is 2.28. The van der Waals surface area contributed by atoms with Crippen molar-refractivity contribution in [3.8, 4) is 0 Å². The average molecular weight is 475 g/mol. The van der Waals surface area contributed by atoms with Crippen LogP contribution in [0.4, 0.5) is 11.4 Å². The van der Waals surface area contributed by atoms with Crippen LogP contribution in [0.5, 0.6) is 0 Å². The molecule has 0 N–H and O–H groups in total. The lowest BCUT2D eigenvalue weighted by Gasteiger charge is -2.34. The number of aromatic nitrogens is 3. The minimum absolute atomic E-state index is 0.119. The van der Waals surface area contributed by atoms with Crippen LogP contribution in [0.3, 0.4) is 0 Å². The summed E-state index contributed by atoms with van der Waals surface area (Å²) in [4.78, 5) is 6.45. The molecule has 0 spiro atoms. The second-order valence-electron chi connectivity index (χ2n) is 13.8. The fourth-order valence-electron chi connectivity index (χ4n) is 5.80. The van der Waals surface area contributed by atoms with Crippen LogP contribution in [0, 0.1) is 10.8 Å². The first kappa shape index (κ1) is 27.0. The zero-order chi connectivity index (χ0) is 26.1. The second-order valence-corrected chi connectivity index (χ2v) is 13.8. The summed E-state index contributed by atoms with van der Waals surface area (Å²) in [7, 11) is 0. The first-order valence-corrected chi connectivity index (χ1v) is 12.9. The van der Waals surface area contributed by atoms with E-state index in [1.807, 2.05) is 4.68 Å². The van der Waals surface area contributed by atoms with Crippen molar-refractivity contribution in [2.45, 2.75) is 99.6 Å². The smallest absolute Gasteiger partial charge is 0.137 e. The Labute approximate surface area is 213 Å². The average Bonchev–Trinajstić information content (AvgIpc) is 3.22. The van der Waals surface area contributed by atoms with Crippen LogP contribution in [0.2, 0.25) is 0 Å². The highest BCUT2D eigenvalue weighted by Crippen LogP contribution is 2.39. The molecule has 0 amide bonds. The van der Waals surface area contributed by atoms with Gasteiger partial charge in [-0.2, -0.15) is 5.10 Å². The molecule has 4 heteroatoms. The van der Waals surface area contributed by atoms with E-state index in [1.165, 1.54) is 11.1 Å². The molecule has 0 bridgehead atoms. The first-order valence-electron chi connectivity index (χ1n) is 12.9. The van der Waals surface area contributed by atoms with E-state index in [-0.39, 0.29) is 21.7 Å². The standard InChI is InChI=1S/C31H46N4/c1-28(2,3)19-30(7,8)24-11-15-26(16-12-24)35(23-34-22-32-21-33-34)27-17-13-25(14-18-27)31(9,10)20-29(4,5)6/h11-18,21-22H,19-20,23H2,1-10H3. The third-order valence-electron chi connectivity index (χ3n) is 6.62. The molecule has 0 aliphatic heterocycles. The minimum atomic E-state index is 0.119. The van der Waals surface area contributed by atoms with Crippen LogP contribution in [-0.4, -0.2) is 14.8 Å². The summed E-state index contributed by atoms with van der Waals surface area (Å²) in [6, 6.07) is 18.1. The van der Waals surface area contributed by atoms with Gasteiger partial charge < -0.3 is 4.90 Å². The molecular formula is C31H46N4. The number of benzene rings is 2. The fourth-order valence-corrected chi connectivity index (χ4v) is 5.80. The zero-order valence-corrected chi connectivity index (χ0v) is 23.7. The molecule has 1 heterocycles. The van der Waals surface area contributed by atoms with Gasteiger partial charge in [-0.25, -0.2) is 9.67 Å². The quantitative estimate of drug-likeness (QED) is 0.328. The van der Waals surface area contributed by atoms with Gasteiger partial charge in [0.2, 0.25) is 0 Å². The minimum Gasteiger partial charge on any atom is -0.321 e. The number of nitrogens with zero attached hydrogens (tertiary/aromatic N) is 4. The number of rotatable bonds is 8. The predicted molar refractivity (Wildman–Crippen MR) is 149 cm³/mol. The Hall–Kier alpha value is -2.62. The molecule has 0 aliphatic rings. The highest BCUT2D eigenvalue weighted by atomic mass is 15.4. The van der Waals surface area contributed by atoms with Crippen LogP contribution < -0.4 is 4.90 Å². The van der Waals surface area contributed by atoms with Crippen molar-refractivity contribution in [3.63, 3.8) is 0 Å². The summed E-state index contributed by atoms with van der Waals surface area (Å²) in [5.41, 5.74) is 5.84. The van der Waals surface area contributed by atoms with E-state index < -0.39 is 0 Å². The van der Waals surface area contributed by atoms with Crippen LogP contribution >= 0.6 is 0 Å². The summed E-state index contributed by atoms with van der Waals surface area (Å²) in [6.45, 7) is 23.9. The van der Waals surface area contributed by atoms with Crippen molar-refractivity contribution in [1.82, 2.24) is 14.8 Å². The van der Waals surface area contributed by atoms with Gasteiger partial charge in [0.25, 0.3) is 0 Å². The molecule has 0 aliphatic carbocycles. The lowest BCUT2D eigenvalue weighted by molar-refractivity contribution is 0.283. The van der Waals surface area contributed by atoms with Gasteiger partial charge in [0.1, 0.15) is 19.3 Å². The Morgan fingerprint density at radius 2 is 1.03 bits per heavy atom. The molecule has 0 radical (unpaired) electrons. The Balaban J connectivity index is 1.92. The Morgan fingerprint density at radius 1 is 0.629 bits per heavy atom. The van der Waals surface area contributed by atoms with E-state index in [4.69, 9.17) is 0 Å². The largest absolute Gasteiger partial charge is 0.321 e. The molecule has 2 aromatic carbocycles. The van der Waals surface area contributed by atoms with Gasteiger partial charge in [-0.3, -0.25) is 0 Å². The molecule has 0 atom stereocenters. The molecule has 0 fully saturated rings. The van der Waals surface area contributed by atoms with Crippen LogP contribution in [-0.2, 0) is 17.5 Å². The summed E-state index contributed by atoms with van der Waals surface area (Å²) >= 11 is 0. The van der Waals surface area contributed by atoms with E-state index in [0.29, 0.717) is 6.67 Å². The maximum Gasteiger partial charge on any atom is 0.137 e. The summed E-state index contributed by atoms with van der Waals surface area (Å²) in [6.07, 6.45) is 5.63. The molecule has 190 valence electrons. The number of hydrogen-bond donors (Lipinski definition) is 0. The van der Waals surface area contributed by atoms with Crippen molar-refractivity contribution < 1.29 is 0 Å². The normalized spacial score (nSPS) is 13.2. The lowest BCUT2D eigenvalue weighted by atomic mass is 9.72. The molecule has 0 saturated heterocycles. The van der Waals surface area contributed by atoms with E-state index >= 15 is 0 Å². The summed E-state index contributed by atoms with van der Waals surface area (Å²) < 4.78 is 1.87. The molecule has 0 saturated carbocycles. The molecule has 35 heavy (non-hydrogen) atoms. The number of hydrogen-bond acceptors (Lipinski definition) is 3. The van der Waals surface area contributed by atoms with Crippen molar-refractivity contribution >= 4 is 11.4 Å². The fraction of sp³-hybridized carbons (Fsp3) is 0.548. The van der Waals surface area contributed by atoms with Crippen LogP contribution in [0.15, 0.2) is 61.2 Å². The topological polar surface area (TPSA) is 34.0 Å². The van der Waals surface area contributed by atoms with Crippen molar-refractivity contribution in [1.29, 1.82) is 0 Å². The molecule has 0 unspecified atom stereocenters. The van der Waals surface area contributed by atoms with Gasteiger partial charge in [-0.15, -0.1) is 0 Å². The Bertz CT molecular complexity index is 990. The van der Waals surface area contributed by atoms with Gasteiger partial charge in [0.05, 0.1) is 0 Å². The zero-order valence-electron chi connectivity index (χ0n) is 23.7. The summed E-state index contributed by atoms with van der Waals surface area (Å²) in [5.74, 6) is 0. The first-order chi connectivity index (χ1) is 16.1. The molecular weight excluding hydrogens is 428 g/mol. The molecule has 3 aromatic rings. The van der Waals surface area contributed by atoms with Crippen LogP contribution in [0.1, 0.15) is 93.2 Å². The third kappa shape index (κ3) is 7.43. The van der Waals surface area contributed by atoms with Crippen LogP contribution in [0.25, 0.3) is 0 Å². The lowest BCUT2D eigenvalue weighted by Crippen LogP contribution is -2.26. The van der Waals surface area contributed by atoms with Crippen molar-refractivity contribution in [3.05, 3.63) is 72.3 Å². The maximum absolute atomic E-state index is 4.37. The van der Waals surface area contributed by atoms with E-state index in [1.54, 1.807) is 12.7 Å². The van der Waals surface area contributed by atoms with E-state index in [9.17, 15) is 0 Å². The Morgan fingerprint density at radius 3 is 1.34 bits per heavy atom. The van der Waals surface area contributed by atoms with Gasteiger partial charge in [-0.1, -0.05) is 93.5 Å². The molecule has 1 aromatic heterocycles. The number of anilines is 2. The van der Waals surface area contributed by atoms with Crippen molar-refractivity contribution in [2.24, 2.45) is 10.8 Å².